The highest BCUT2D eigenvalue weighted by molar-refractivity contribution is 5.89. The maximum atomic E-state index is 12.6. The van der Waals surface area contributed by atoms with Crippen LogP contribution in [-0.2, 0) is 22.6 Å². The number of nitrogens with zero attached hydrogens (tertiary/aromatic N) is 2. The fraction of sp³-hybridized carbons (Fsp3) is 0.500. The summed E-state index contributed by atoms with van der Waals surface area (Å²) in [6.07, 6.45) is 4.92. The van der Waals surface area contributed by atoms with Gasteiger partial charge in [0.05, 0.1) is 13.0 Å². The molecule has 0 saturated carbocycles. The van der Waals surface area contributed by atoms with Crippen LogP contribution in [0.25, 0.3) is 0 Å². The second-order valence-electron chi connectivity index (χ2n) is 9.64. The molecule has 0 aromatic heterocycles. The third-order valence-corrected chi connectivity index (χ3v) is 7.14. The van der Waals surface area contributed by atoms with Gasteiger partial charge in [-0.15, -0.1) is 0 Å². The van der Waals surface area contributed by atoms with E-state index >= 15 is 0 Å². The van der Waals surface area contributed by atoms with Crippen LogP contribution in [0.1, 0.15) is 36.8 Å². The van der Waals surface area contributed by atoms with Gasteiger partial charge < -0.3 is 19.9 Å². The number of methoxy groups -OCH3 is 1. The Balaban J connectivity index is 1.11. The van der Waals surface area contributed by atoms with Crippen LogP contribution in [-0.4, -0.2) is 61.4 Å². The van der Waals surface area contributed by atoms with E-state index in [1.54, 1.807) is 12.0 Å². The summed E-state index contributed by atoms with van der Waals surface area (Å²) in [5, 5.41) is 3.06. The molecule has 2 fully saturated rings. The van der Waals surface area contributed by atoms with Gasteiger partial charge in [0, 0.05) is 26.1 Å². The standard InChI is InChI=1S/C28H37N3O3/c1-34-26-10-8-24(9-11-26)20-31-21-25(19-27(31)32)28(33)29-14-5-15-30-16-12-23(13-17-30)18-22-6-3-2-4-7-22/h2-4,6-11,23,25H,5,12-21H2,1H3,(H,29,33)/t25-/m0/s1. The summed E-state index contributed by atoms with van der Waals surface area (Å²) in [4.78, 5) is 29.3. The molecule has 0 spiro atoms. The molecule has 182 valence electrons. The quantitative estimate of drug-likeness (QED) is 0.548. The maximum Gasteiger partial charge on any atom is 0.225 e. The van der Waals surface area contributed by atoms with Crippen LogP contribution in [0, 0.1) is 11.8 Å². The number of likely N-dealkylation sites (tertiary alicyclic amines) is 2. The predicted molar refractivity (Wildman–Crippen MR) is 133 cm³/mol. The van der Waals surface area contributed by atoms with Gasteiger partial charge in [-0.3, -0.25) is 9.59 Å². The van der Waals surface area contributed by atoms with Crippen LogP contribution in [0.5, 0.6) is 5.75 Å². The van der Waals surface area contributed by atoms with Gasteiger partial charge >= 0.3 is 0 Å². The highest BCUT2D eigenvalue weighted by Gasteiger charge is 2.34. The smallest absolute Gasteiger partial charge is 0.225 e. The number of ether oxygens (including phenoxy) is 1. The SMILES string of the molecule is COc1ccc(CN2C[C@@H](C(=O)NCCCN3CCC(Cc4ccccc4)CC3)CC2=O)cc1. The minimum atomic E-state index is -0.250. The van der Waals surface area contributed by atoms with E-state index in [4.69, 9.17) is 4.74 Å². The zero-order chi connectivity index (χ0) is 23.8. The Morgan fingerprint density at radius 3 is 2.47 bits per heavy atom. The largest absolute Gasteiger partial charge is 0.497 e. The van der Waals surface area contributed by atoms with Crippen molar-refractivity contribution in [2.75, 3.05) is 39.8 Å². The number of hydrogen-bond acceptors (Lipinski definition) is 4. The number of nitrogens with one attached hydrogen (secondary N) is 1. The minimum absolute atomic E-state index is 0.00662. The zero-order valence-electron chi connectivity index (χ0n) is 20.2. The van der Waals surface area contributed by atoms with E-state index in [1.165, 1.54) is 24.8 Å². The van der Waals surface area contributed by atoms with E-state index in [0.717, 1.165) is 43.3 Å². The molecule has 0 radical (unpaired) electrons. The molecule has 6 nitrogen and oxygen atoms in total. The monoisotopic (exact) mass is 463 g/mol. The van der Waals surface area contributed by atoms with Gasteiger partial charge in [-0.05, 0) is 74.5 Å². The Kier molecular flexibility index (Phi) is 8.58. The van der Waals surface area contributed by atoms with Crippen molar-refractivity contribution in [2.24, 2.45) is 11.8 Å². The van der Waals surface area contributed by atoms with Crippen molar-refractivity contribution in [2.45, 2.75) is 38.6 Å². The van der Waals surface area contributed by atoms with E-state index in [2.05, 4.69) is 40.5 Å². The number of hydrogen-bond donors (Lipinski definition) is 1. The second-order valence-corrected chi connectivity index (χ2v) is 9.64. The van der Waals surface area contributed by atoms with Gasteiger partial charge in [-0.25, -0.2) is 0 Å². The highest BCUT2D eigenvalue weighted by atomic mass is 16.5. The fourth-order valence-electron chi connectivity index (χ4n) is 5.07. The first kappa shape index (κ1) is 24.3. The van der Waals surface area contributed by atoms with E-state index in [1.807, 2.05) is 24.3 Å². The van der Waals surface area contributed by atoms with Gasteiger partial charge in [-0.1, -0.05) is 42.5 Å². The average Bonchev–Trinajstić information content (AvgIpc) is 3.24. The van der Waals surface area contributed by atoms with Crippen molar-refractivity contribution in [3.8, 4) is 5.75 Å². The lowest BCUT2D eigenvalue weighted by Gasteiger charge is -2.32. The summed E-state index contributed by atoms with van der Waals surface area (Å²) < 4.78 is 5.18. The van der Waals surface area contributed by atoms with E-state index in [-0.39, 0.29) is 17.7 Å². The summed E-state index contributed by atoms with van der Waals surface area (Å²) in [5.74, 6) is 1.38. The normalized spacial score (nSPS) is 19.4. The minimum Gasteiger partial charge on any atom is -0.497 e. The van der Waals surface area contributed by atoms with Crippen LogP contribution in [0.4, 0.5) is 0 Å². The van der Waals surface area contributed by atoms with Gasteiger partial charge in [-0.2, -0.15) is 0 Å². The molecule has 2 aromatic rings. The first-order chi connectivity index (χ1) is 16.6. The zero-order valence-corrected chi connectivity index (χ0v) is 20.2. The Bertz CT molecular complexity index is 924. The van der Waals surface area contributed by atoms with Crippen LogP contribution < -0.4 is 10.1 Å². The number of carbonyl (C=O) groups excluding carboxylic acids is 2. The molecule has 4 rings (SSSR count). The molecule has 0 unspecified atom stereocenters. The summed E-state index contributed by atoms with van der Waals surface area (Å²) >= 11 is 0. The van der Waals surface area contributed by atoms with Crippen LogP contribution in [0.2, 0.25) is 0 Å². The Labute approximate surface area is 203 Å². The molecule has 2 aliphatic rings. The van der Waals surface area contributed by atoms with Crippen LogP contribution in [0.15, 0.2) is 54.6 Å². The first-order valence-electron chi connectivity index (χ1n) is 12.6. The Morgan fingerprint density at radius 2 is 1.76 bits per heavy atom. The molecule has 2 heterocycles. The number of amides is 2. The molecule has 2 saturated heterocycles. The lowest BCUT2D eigenvalue weighted by atomic mass is 9.90. The number of benzene rings is 2. The lowest BCUT2D eigenvalue weighted by Crippen LogP contribution is -2.37. The summed E-state index contributed by atoms with van der Waals surface area (Å²) in [7, 11) is 1.64. The Hall–Kier alpha value is -2.86. The molecular formula is C28H37N3O3. The topological polar surface area (TPSA) is 61.9 Å². The third-order valence-electron chi connectivity index (χ3n) is 7.14. The number of carbonyl (C=O) groups is 2. The molecule has 2 aromatic carbocycles. The first-order valence-corrected chi connectivity index (χ1v) is 12.6. The molecule has 1 atom stereocenters. The van der Waals surface area contributed by atoms with Crippen molar-refractivity contribution in [1.82, 2.24) is 15.1 Å². The molecule has 6 heteroatoms. The lowest BCUT2D eigenvalue weighted by molar-refractivity contribution is -0.129. The average molecular weight is 464 g/mol. The molecule has 0 aliphatic carbocycles. The van der Waals surface area contributed by atoms with E-state index in [0.29, 0.717) is 26.1 Å². The molecule has 34 heavy (non-hydrogen) atoms. The van der Waals surface area contributed by atoms with E-state index in [9.17, 15) is 9.59 Å². The van der Waals surface area contributed by atoms with Gasteiger partial charge in [0.15, 0.2) is 0 Å². The van der Waals surface area contributed by atoms with Gasteiger partial charge in [0.2, 0.25) is 11.8 Å². The highest BCUT2D eigenvalue weighted by Crippen LogP contribution is 2.23. The van der Waals surface area contributed by atoms with Crippen molar-refractivity contribution in [1.29, 1.82) is 0 Å². The summed E-state index contributed by atoms with van der Waals surface area (Å²) in [5.41, 5.74) is 2.49. The van der Waals surface area contributed by atoms with Crippen LogP contribution >= 0.6 is 0 Å². The summed E-state index contributed by atoms with van der Waals surface area (Å²) in [6.45, 7) is 5.00. The second kappa shape index (κ2) is 12.0. The van der Waals surface area contributed by atoms with Crippen molar-refractivity contribution in [3.63, 3.8) is 0 Å². The molecule has 1 N–H and O–H groups in total. The molecule has 2 amide bonds. The fourth-order valence-corrected chi connectivity index (χ4v) is 5.07. The number of piperidine rings is 1. The summed E-state index contributed by atoms with van der Waals surface area (Å²) in [6, 6.07) is 18.5. The van der Waals surface area contributed by atoms with Crippen molar-refractivity contribution in [3.05, 3.63) is 65.7 Å². The Morgan fingerprint density at radius 1 is 1.03 bits per heavy atom. The maximum absolute atomic E-state index is 12.6. The molecule has 0 bridgehead atoms. The van der Waals surface area contributed by atoms with Crippen molar-refractivity contribution < 1.29 is 14.3 Å². The predicted octanol–water partition coefficient (Wildman–Crippen LogP) is 3.50. The van der Waals surface area contributed by atoms with Crippen molar-refractivity contribution >= 4 is 11.8 Å². The third kappa shape index (κ3) is 6.83. The molecule has 2 aliphatic heterocycles. The molecular weight excluding hydrogens is 426 g/mol. The van der Waals surface area contributed by atoms with Gasteiger partial charge in [0.25, 0.3) is 0 Å². The van der Waals surface area contributed by atoms with E-state index < -0.39 is 0 Å². The number of rotatable bonds is 10. The van der Waals surface area contributed by atoms with Crippen LogP contribution in [0.3, 0.4) is 0 Å². The van der Waals surface area contributed by atoms with Gasteiger partial charge in [0.1, 0.15) is 5.75 Å².